The van der Waals surface area contributed by atoms with Crippen LogP contribution in [-0.2, 0) is 17.5 Å². The second-order valence-corrected chi connectivity index (χ2v) is 7.45. The molecule has 4 nitrogen and oxygen atoms in total. The van der Waals surface area contributed by atoms with Gasteiger partial charge in [-0.3, -0.25) is 9.59 Å². The standard InChI is InChI=1S/C21H20ClF3N2O2/c22-18-8-6-14(7-9-18)12-26-19(28)16-4-2-10-27(13-16)20(29)15-3-1-5-17(11-15)21(23,24)25/h1,3,5-9,11,16H,2,4,10,12-13H2,(H,26,28)/t16-/m1/s1. The van der Waals surface area contributed by atoms with Crippen molar-refractivity contribution in [2.24, 2.45) is 5.92 Å². The van der Waals surface area contributed by atoms with Crippen molar-refractivity contribution in [3.8, 4) is 0 Å². The van der Waals surface area contributed by atoms with Gasteiger partial charge in [0.05, 0.1) is 11.5 Å². The molecule has 0 aromatic heterocycles. The zero-order chi connectivity index (χ0) is 21.0. The Hall–Kier alpha value is -2.54. The molecule has 29 heavy (non-hydrogen) atoms. The lowest BCUT2D eigenvalue weighted by molar-refractivity contribution is -0.137. The number of amides is 2. The summed E-state index contributed by atoms with van der Waals surface area (Å²) in [5.74, 6) is -1.07. The Kier molecular flexibility index (Phi) is 6.47. The Morgan fingerprint density at radius 3 is 2.55 bits per heavy atom. The molecule has 0 radical (unpaired) electrons. The molecular formula is C21H20ClF3N2O2. The number of halogens is 4. The number of rotatable bonds is 4. The fraction of sp³-hybridized carbons (Fsp3) is 0.333. The van der Waals surface area contributed by atoms with E-state index in [9.17, 15) is 22.8 Å². The van der Waals surface area contributed by atoms with E-state index >= 15 is 0 Å². The fourth-order valence-corrected chi connectivity index (χ4v) is 3.45. The molecule has 1 atom stereocenters. The number of piperidine rings is 1. The number of likely N-dealkylation sites (tertiary alicyclic amines) is 1. The Bertz CT molecular complexity index is 884. The quantitative estimate of drug-likeness (QED) is 0.784. The van der Waals surface area contributed by atoms with Crippen LogP contribution in [0.5, 0.6) is 0 Å². The summed E-state index contributed by atoms with van der Waals surface area (Å²) in [4.78, 5) is 26.6. The fourth-order valence-electron chi connectivity index (χ4n) is 3.32. The molecular weight excluding hydrogens is 405 g/mol. The van der Waals surface area contributed by atoms with E-state index in [1.165, 1.54) is 17.0 Å². The first-order chi connectivity index (χ1) is 13.7. The molecule has 2 aromatic rings. The first-order valence-corrected chi connectivity index (χ1v) is 9.60. The maximum absolute atomic E-state index is 12.9. The van der Waals surface area contributed by atoms with Crippen molar-refractivity contribution in [1.29, 1.82) is 0 Å². The SMILES string of the molecule is O=C(NCc1ccc(Cl)cc1)[C@@H]1CCCN(C(=O)c2cccc(C(F)(F)F)c2)C1. The first-order valence-electron chi connectivity index (χ1n) is 9.23. The highest BCUT2D eigenvalue weighted by molar-refractivity contribution is 6.30. The number of hydrogen-bond donors (Lipinski definition) is 1. The van der Waals surface area contributed by atoms with Crippen LogP contribution in [0.2, 0.25) is 5.02 Å². The van der Waals surface area contributed by atoms with Gasteiger partial charge in [-0.1, -0.05) is 29.8 Å². The maximum Gasteiger partial charge on any atom is 0.416 e. The number of nitrogens with one attached hydrogen (secondary N) is 1. The molecule has 1 fully saturated rings. The lowest BCUT2D eigenvalue weighted by Gasteiger charge is -2.32. The van der Waals surface area contributed by atoms with Gasteiger partial charge in [0, 0.05) is 30.2 Å². The van der Waals surface area contributed by atoms with E-state index in [0.717, 1.165) is 17.7 Å². The van der Waals surface area contributed by atoms with Gasteiger partial charge in [-0.15, -0.1) is 0 Å². The van der Waals surface area contributed by atoms with Crippen molar-refractivity contribution in [1.82, 2.24) is 10.2 Å². The normalized spacial score (nSPS) is 17.1. The summed E-state index contributed by atoms with van der Waals surface area (Å²) < 4.78 is 38.7. The minimum Gasteiger partial charge on any atom is -0.352 e. The van der Waals surface area contributed by atoms with E-state index in [1.54, 1.807) is 12.1 Å². The predicted octanol–water partition coefficient (Wildman–Crippen LogP) is 4.53. The van der Waals surface area contributed by atoms with Crippen LogP contribution >= 0.6 is 11.6 Å². The van der Waals surface area contributed by atoms with E-state index in [-0.39, 0.29) is 18.0 Å². The minimum atomic E-state index is -4.51. The van der Waals surface area contributed by atoms with Crippen molar-refractivity contribution >= 4 is 23.4 Å². The van der Waals surface area contributed by atoms with Gasteiger partial charge in [0.25, 0.3) is 5.91 Å². The van der Waals surface area contributed by atoms with Gasteiger partial charge < -0.3 is 10.2 Å². The number of alkyl halides is 3. The van der Waals surface area contributed by atoms with Crippen LogP contribution in [0.25, 0.3) is 0 Å². The van der Waals surface area contributed by atoms with Gasteiger partial charge >= 0.3 is 6.18 Å². The summed E-state index contributed by atoms with van der Waals surface area (Å²) in [6.45, 7) is 0.936. The number of hydrogen-bond acceptors (Lipinski definition) is 2. The largest absolute Gasteiger partial charge is 0.416 e. The van der Waals surface area contributed by atoms with E-state index in [4.69, 9.17) is 11.6 Å². The molecule has 2 amide bonds. The molecule has 1 aliphatic rings. The molecule has 3 rings (SSSR count). The second kappa shape index (κ2) is 8.86. The van der Waals surface area contributed by atoms with Crippen LogP contribution in [0.4, 0.5) is 13.2 Å². The van der Waals surface area contributed by atoms with Gasteiger partial charge in [0.2, 0.25) is 5.91 Å². The summed E-state index contributed by atoms with van der Waals surface area (Å²) in [6.07, 6.45) is -3.27. The zero-order valence-electron chi connectivity index (χ0n) is 15.5. The van der Waals surface area contributed by atoms with Crippen LogP contribution in [0, 0.1) is 5.92 Å². The molecule has 0 unspecified atom stereocenters. The van der Waals surface area contributed by atoms with Crippen molar-refractivity contribution in [2.75, 3.05) is 13.1 Å². The van der Waals surface area contributed by atoms with Gasteiger partial charge in [-0.2, -0.15) is 13.2 Å². The van der Waals surface area contributed by atoms with Crippen molar-refractivity contribution < 1.29 is 22.8 Å². The van der Waals surface area contributed by atoms with Crippen molar-refractivity contribution in [2.45, 2.75) is 25.6 Å². The molecule has 0 spiro atoms. The molecule has 0 saturated carbocycles. The van der Waals surface area contributed by atoms with E-state index in [0.29, 0.717) is 31.0 Å². The zero-order valence-corrected chi connectivity index (χ0v) is 16.3. The van der Waals surface area contributed by atoms with Gasteiger partial charge in [-0.25, -0.2) is 0 Å². The van der Waals surface area contributed by atoms with Crippen LogP contribution in [0.15, 0.2) is 48.5 Å². The Morgan fingerprint density at radius 2 is 1.86 bits per heavy atom. The summed E-state index contributed by atoms with van der Waals surface area (Å²) in [7, 11) is 0. The highest BCUT2D eigenvalue weighted by Gasteiger charge is 2.33. The lowest BCUT2D eigenvalue weighted by atomic mass is 9.96. The monoisotopic (exact) mass is 424 g/mol. The molecule has 1 heterocycles. The summed E-state index contributed by atoms with van der Waals surface area (Å²) >= 11 is 5.84. The van der Waals surface area contributed by atoms with E-state index in [2.05, 4.69) is 5.32 Å². The average molecular weight is 425 g/mol. The van der Waals surface area contributed by atoms with Crippen molar-refractivity contribution in [3.63, 3.8) is 0 Å². The molecule has 2 aromatic carbocycles. The van der Waals surface area contributed by atoms with Crippen molar-refractivity contribution in [3.05, 3.63) is 70.2 Å². The third-order valence-corrected chi connectivity index (χ3v) is 5.15. The molecule has 1 aliphatic heterocycles. The number of carbonyl (C=O) groups is 2. The van der Waals surface area contributed by atoms with E-state index in [1.807, 2.05) is 12.1 Å². The van der Waals surface area contributed by atoms with Gasteiger partial charge in [0.15, 0.2) is 0 Å². The average Bonchev–Trinajstić information content (AvgIpc) is 2.72. The number of nitrogens with zero attached hydrogens (tertiary/aromatic N) is 1. The lowest BCUT2D eigenvalue weighted by Crippen LogP contribution is -2.45. The molecule has 0 aliphatic carbocycles. The molecule has 1 N–H and O–H groups in total. The second-order valence-electron chi connectivity index (χ2n) is 7.01. The third-order valence-electron chi connectivity index (χ3n) is 4.90. The molecule has 1 saturated heterocycles. The summed E-state index contributed by atoms with van der Waals surface area (Å²) in [6, 6.07) is 11.5. The minimum absolute atomic E-state index is 0.0259. The van der Waals surface area contributed by atoms with Crippen LogP contribution in [0.3, 0.4) is 0 Å². The predicted molar refractivity (Wildman–Crippen MR) is 103 cm³/mol. The van der Waals surface area contributed by atoms with Crippen LogP contribution < -0.4 is 5.32 Å². The highest BCUT2D eigenvalue weighted by atomic mass is 35.5. The number of benzene rings is 2. The highest BCUT2D eigenvalue weighted by Crippen LogP contribution is 2.30. The molecule has 154 valence electrons. The topological polar surface area (TPSA) is 49.4 Å². The van der Waals surface area contributed by atoms with Gasteiger partial charge in [-0.05, 0) is 48.7 Å². The van der Waals surface area contributed by atoms with Crippen LogP contribution in [0.1, 0.15) is 34.3 Å². The number of carbonyl (C=O) groups excluding carboxylic acids is 2. The third kappa shape index (κ3) is 5.50. The van der Waals surface area contributed by atoms with Crippen LogP contribution in [-0.4, -0.2) is 29.8 Å². The Morgan fingerprint density at radius 1 is 1.14 bits per heavy atom. The molecule has 8 heteroatoms. The Balaban J connectivity index is 1.61. The maximum atomic E-state index is 12.9. The summed E-state index contributed by atoms with van der Waals surface area (Å²) in [5, 5.41) is 3.46. The summed E-state index contributed by atoms with van der Waals surface area (Å²) in [5.41, 5.74) is 0.00937. The molecule has 0 bridgehead atoms. The van der Waals surface area contributed by atoms with E-state index < -0.39 is 23.6 Å². The smallest absolute Gasteiger partial charge is 0.352 e. The Labute approximate surface area is 171 Å². The van der Waals surface area contributed by atoms with Gasteiger partial charge in [0.1, 0.15) is 0 Å². The first kappa shape index (κ1) is 21.2.